The molecule has 1 heterocycles. The van der Waals surface area contributed by atoms with Gasteiger partial charge in [0.15, 0.2) is 11.6 Å². The van der Waals surface area contributed by atoms with Gasteiger partial charge in [-0.25, -0.2) is 0 Å². The van der Waals surface area contributed by atoms with Crippen LogP contribution in [0.4, 0.5) is 11.5 Å². The van der Waals surface area contributed by atoms with Crippen molar-refractivity contribution in [2.45, 2.75) is 0 Å². The van der Waals surface area contributed by atoms with E-state index < -0.39 is 4.92 Å². The Balaban J connectivity index is 2.74. The summed E-state index contributed by atoms with van der Waals surface area (Å²) in [5, 5.41) is 14.6. The van der Waals surface area contributed by atoms with Crippen LogP contribution < -0.4 is 5.73 Å². The molecule has 0 aliphatic heterocycles. The fourth-order valence-corrected chi connectivity index (χ4v) is 1.93. The van der Waals surface area contributed by atoms with Gasteiger partial charge in [-0.1, -0.05) is 22.8 Å². The number of hydrogen-bond acceptors (Lipinski definition) is 5. The first-order valence-electron chi connectivity index (χ1n) is 4.36. The molecule has 2 aromatic rings. The summed E-state index contributed by atoms with van der Waals surface area (Å²) >= 11 is 9.08. The molecule has 8 heteroatoms. The van der Waals surface area contributed by atoms with E-state index in [1.54, 1.807) is 0 Å². The van der Waals surface area contributed by atoms with Crippen LogP contribution in [0.25, 0.3) is 11.3 Å². The normalized spacial score (nSPS) is 10.5. The van der Waals surface area contributed by atoms with E-state index in [0.717, 1.165) is 0 Å². The number of nitrogens with two attached hydrogens (primary N) is 1. The molecule has 88 valence electrons. The molecule has 0 bridgehead atoms. The van der Waals surface area contributed by atoms with Gasteiger partial charge < -0.3 is 10.3 Å². The largest absolute Gasteiger partial charge is 0.380 e. The van der Waals surface area contributed by atoms with Crippen molar-refractivity contribution in [3.05, 3.63) is 37.8 Å². The number of nitro groups is 1. The van der Waals surface area contributed by atoms with E-state index in [1.807, 2.05) is 0 Å². The van der Waals surface area contributed by atoms with E-state index in [2.05, 4.69) is 21.1 Å². The molecular formula is C9H5BrClN3O3. The zero-order valence-electron chi connectivity index (χ0n) is 8.18. The highest BCUT2D eigenvalue weighted by atomic mass is 79.9. The van der Waals surface area contributed by atoms with Gasteiger partial charge in [-0.05, 0) is 22.0 Å². The van der Waals surface area contributed by atoms with Gasteiger partial charge in [0, 0.05) is 6.07 Å². The van der Waals surface area contributed by atoms with Crippen molar-refractivity contribution in [3.8, 4) is 11.3 Å². The third-order valence-corrected chi connectivity index (χ3v) is 3.16. The predicted octanol–water partition coefficient (Wildman–Crippen LogP) is 3.25. The Labute approximate surface area is 109 Å². The van der Waals surface area contributed by atoms with Crippen LogP contribution >= 0.6 is 27.5 Å². The van der Waals surface area contributed by atoms with Crippen molar-refractivity contribution in [1.29, 1.82) is 0 Å². The van der Waals surface area contributed by atoms with Gasteiger partial charge in [-0.2, -0.15) is 0 Å². The zero-order chi connectivity index (χ0) is 12.6. The minimum absolute atomic E-state index is 0.106. The molecule has 0 atom stereocenters. The monoisotopic (exact) mass is 317 g/mol. The van der Waals surface area contributed by atoms with E-state index in [-0.39, 0.29) is 27.9 Å². The van der Waals surface area contributed by atoms with Crippen LogP contribution in [0.15, 0.2) is 27.2 Å². The number of anilines is 1. The highest BCUT2D eigenvalue weighted by molar-refractivity contribution is 9.10. The number of rotatable bonds is 2. The lowest BCUT2D eigenvalue weighted by Crippen LogP contribution is -1.92. The third kappa shape index (κ3) is 1.98. The van der Waals surface area contributed by atoms with Gasteiger partial charge in [-0.3, -0.25) is 10.1 Å². The van der Waals surface area contributed by atoms with Gasteiger partial charge in [0.1, 0.15) is 10.0 Å². The van der Waals surface area contributed by atoms with Crippen molar-refractivity contribution in [3.63, 3.8) is 0 Å². The lowest BCUT2D eigenvalue weighted by molar-refractivity contribution is -0.384. The minimum atomic E-state index is -0.549. The molecular weight excluding hydrogens is 313 g/mol. The number of nitrogen functional groups attached to an aromatic ring is 1. The Morgan fingerprint density at radius 2 is 2.24 bits per heavy atom. The first-order valence-corrected chi connectivity index (χ1v) is 5.53. The van der Waals surface area contributed by atoms with Crippen molar-refractivity contribution in [2.75, 3.05) is 5.73 Å². The third-order valence-electron chi connectivity index (χ3n) is 2.07. The fraction of sp³-hybridized carbons (Fsp3) is 0. The van der Waals surface area contributed by atoms with Crippen molar-refractivity contribution >= 4 is 39.0 Å². The summed E-state index contributed by atoms with van der Waals surface area (Å²) in [6.07, 6.45) is 0. The number of nitro benzene ring substituents is 1. The quantitative estimate of drug-likeness (QED) is 0.677. The average Bonchev–Trinajstić information content (AvgIpc) is 2.60. The number of hydrogen-bond donors (Lipinski definition) is 1. The number of halogens is 2. The maximum Gasteiger partial charge on any atom is 0.282 e. The molecule has 6 nitrogen and oxygen atoms in total. The standard InChI is InChI=1S/C9H5BrClN3O3/c10-7-8(17-13-9(7)12)6-4(11)2-1-3-5(6)14(15)16/h1-3H,(H2,12,13). The van der Waals surface area contributed by atoms with Crippen LogP contribution in [-0.4, -0.2) is 10.1 Å². The Morgan fingerprint density at radius 3 is 2.76 bits per heavy atom. The second kappa shape index (κ2) is 4.34. The summed E-state index contributed by atoms with van der Waals surface area (Å²) in [6, 6.07) is 4.33. The van der Waals surface area contributed by atoms with Gasteiger partial charge in [0.25, 0.3) is 5.69 Å². The molecule has 2 N–H and O–H groups in total. The summed E-state index contributed by atoms with van der Waals surface area (Å²) in [6.45, 7) is 0. The Bertz CT molecular complexity index is 599. The van der Waals surface area contributed by atoms with Crippen LogP contribution in [0.2, 0.25) is 5.02 Å². The number of benzene rings is 1. The molecule has 0 unspecified atom stereocenters. The zero-order valence-corrected chi connectivity index (χ0v) is 10.5. The SMILES string of the molecule is Nc1noc(-c2c(Cl)cccc2[N+](=O)[O-])c1Br. The van der Waals surface area contributed by atoms with Crippen LogP contribution in [0.1, 0.15) is 0 Å². The lowest BCUT2D eigenvalue weighted by atomic mass is 10.1. The van der Waals surface area contributed by atoms with E-state index >= 15 is 0 Å². The molecule has 0 amide bonds. The molecule has 0 aliphatic rings. The molecule has 0 saturated carbocycles. The van der Waals surface area contributed by atoms with Crippen molar-refractivity contribution in [1.82, 2.24) is 5.16 Å². The highest BCUT2D eigenvalue weighted by Gasteiger charge is 2.25. The molecule has 0 fully saturated rings. The predicted molar refractivity (Wildman–Crippen MR) is 65.7 cm³/mol. The number of aromatic nitrogens is 1. The van der Waals surface area contributed by atoms with Gasteiger partial charge in [0.2, 0.25) is 0 Å². The van der Waals surface area contributed by atoms with Crippen LogP contribution in [0.5, 0.6) is 0 Å². The molecule has 0 spiro atoms. The van der Waals surface area contributed by atoms with E-state index in [1.165, 1.54) is 18.2 Å². The summed E-state index contributed by atoms with van der Waals surface area (Å²) in [7, 11) is 0. The second-order valence-corrected chi connectivity index (χ2v) is 4.30. The van der Waals surface area contributed by atoms with Gasteiger partial charge in [0.05, 0.1) is 9.95 Å². The molecule has 0 radical (unpaired) electrons. The second-order valence-electron chi connectivity index (χ2n) is 3.10. The van der Waals surface area contributed by atoms with Crippen LogP contribution in [0, 0.1) is 10.1 Å². The smallest absolute Gasteiger partial charge is 0.282 e. The fourth-order valence-electron chi connectivity index (χ4n) is 1.34. The molecule has 1 aromatic carbocycles. The topological polar surface area (TPSA) is 95.2 Å². The maximum absolute atomic E-state index is 10.9. The van der Waals surface area contributed by atoms with Gasteiger partial charge >= 0.3 is 0 Å². The Hall–Kier alpha value is -1.60. The summed E-state index contributed by atoms with van der Waals surface area (Å²) < 4.78 is 5.28. The minimum Gasteiger partial charge on any atom is -0.380 e. The van der Waals surface area contributed by atoms with Crippen LogP contribution in [0.3, 0.4) is 0 Å². The lowest BCUT2D eigenvalue weighted by Gasteiger charge is -2.01. The van der Waals surface area contributed by atoms with E-state index in [9.17, 15) is 10.1 Å². The molecule has 0 saturated heterocycles. The van der Waals surface area contributed by atoms with Gasteiger partial charge in [-0.15, -0.1) is 0 Å². The highest BCUT2D eigenvalue weighted by Crippen LogP contribution is 2.41. The Morgan fingerprint density at radius 1 is 1.53 bits per heavy atom. The molecule has 0 aliphatic carbocycles. The molecule has 1 aromatic heterocycles. The summed E-state index contributed by atoms with van der Waals surface area (Å²) in [5.41, 5.74) is 5.47. The average molecular weight is 319 g/mol. The first kappa shape index (κ1) is 11.9. The van der Waals surface area contributed by atoms with Crippen molar-refractivity contribution in [2.24, 2.45) is 0 Å². The van der Waals surface area contributed by atoms with E-state index in [4.69, 9.17) is 21.9 Å². The van der Waals surface area contributed by atoms with Crippen molar-refractivity contribution < 1.29 is 9.45 Å². The first-order chi connectivity index (χ1) is 8.02. The van der Waals surface area contributed by atoms with Crippen LogP contribution in [-0.2, 0) is 0 Å². The molecule has 2 rings (SSSR count). The van der Waals surface area contributed by atoms with E-state index in [0.29, 0.717) is 4.47 Å². The number of nitrogens with zero attached hydrogens (tertiary/aromatic N) is 2. The molecule has 17 heavy (non-hydrogen) atoms. The Kier molecular flexibility index (Phi) is 3.03. The maximum atomic E-state index is 10.9. The summed E-state index contributed by atoms with van der Waals surface area (Å²) in [5.74, 6) is 0.244. The summed E-state index contributed by atoms with van der Waals surface area (Å²) in [4.78, 5) is 10.4.